The van der Waals surface area contributed by atoms with E-state index in [4.69, 9.17) is 4.99 Å². The molecule has 0 bridgehead atoms. The fourth-order valence-corrected chi connectivity index (χ4v) is 7.94. The van der Waals surface area contributed by atoms with Crippen molar-refractivity contribution in [3.8, 4) is 5.69 Å². The van der Waals surface area contributed by atoms with Crippen molar-refractivity contribution < 1.29 is 0 Å². The molecule has 1 aromatic heterocycles. The Morgan fingerprint density at radius 3 is 1.58 bits per heavy atom. The molecule has 0 N–H and O–H groups in total. The summed E-state index contributed by atoms with van der Waals surface area (Å²) in [7, 11) is 0. The first-order valence-corrected chi connectivity index (χ1v) is 16.9. The number of rotatable bonds is 6. The molecule has 0 saturated heterocycles. The summed E-state index contributed by atoms with van der Waals surface area (Å²) in [6.45, 7) is 4.03. The number of amidine groups is 1. The first kappa shape index (κ1) is 29.6. The van der Waals surface area contributed by atoms with E-state index in [0.29, 0.717) is 5.84 Å². The number of hydrogen-bond donors (Lipinski definition) is 0. The van der Waals surface area contributed by atoms with Crippen molar-refractivity contribution in [1.82, 2.24) is 4.57 Å². The molecule has 1 heterocycles. The van der Waals surface area contributed by atoms with Gasteiger partial charge < -0.3 is 4.57 Å². The molecule has 0 unspecified atom stereocenters. The Kier molecular flexibility index (Phi) is 7.18. The van der Waals surface area contributed by atoms with Crippen LogP contribution in [0.4, 0.5) is 0 Å². The molecule has 236 valence electrons. The molecule has 3 heteroatoms. The van der Waals surface area contributed by atoms with Gasteiger partial charge in [0.05, 0.1) is 22.1 Å². The Balaban J connectivity index is 1.27. The van der Waals surface area contributed by atoms with E-state index in [1.54, 1.807) is 0 Å². The van der Waals surface area contributed by atoms with Gasteiger partial charge in [-0.05, 0) is 65.4 Å². The van der Waals surface area contributed by atoms with Crippen LogP contribution in [-0.2, 0) is 5.41 Å². The van der Waals surface area contributed by atoms with E-state index in [2.05, 4.69) is 204 Å². The zero-order valence-corrected chi connectivity index (χ0v) is 27.4. The molecular weight excluding hydrogens is 607 g/mol. The van der Waals surface area contributed by atoms with Crippen LogP contribution in [-0.4, -0.2) is 17.1 Å². The number of allylic oxidation sites excluding steroid dienone is 1. The van der Waals surface area contributed by atoms with Gasteiger partial charge in [0.15, 0.2) is 5.84 Å². The monoisotopic (exact) mass is 639 g/mol. The zero-order valence-electron chi connectivity index (χ0n) is 27.4. The van der Waals surface area contributed by atoms with Crippen LogP contribution in [0, 0.1) is 0 Å². The van der Waals surface area contributed by atoms with E-state index in [-0.39, 0.29) is 0 Å². The van der Waals surface area contributed by atoms with E-state index in [9.17, 15) is 0 Å². The van der Waals surface area contributed by atoms with Crippen LogP contribution in [0.1, 0.15) is 33.4 Å². The molecule has 0 radical (unpaired) electrons. The van der Waals surface area contributed by atoms with Crippen LogP contribution in [0.5, 0.6) is 0 Å². The van der Waals surface area contributed by atoms with Gasteiger partial charge in [-0.2, -0.15) is 0 Å². The van der Waals surface area contributed by atoms with Gasteiger partial charge in [-0.1, -0.05) is 152 Å². The topological polar surface area (TPSA) is 29.6 Å². The Labute approximate surface area is 291 Å². The van der Waals surface area contributed by atoms with Gasteiger partial charge in [-0.25, -0.2) is 9.98 Å². The molecule has 8 aromatic rings. The Bertz CT molecular complexity index is 2480. The lowest BCUT2D eigenvalue weighted by Gasteiger charge is -2.35. The second-order valence-electron chi connectivity index (χ2n) is 12.6. The average molecular weight is 640 g/mol. The minimum absolute atomic E-state index is 0.578. The van der Waals surface area contributed by atoms with Crippen LogP contribution in [0.3, 0.4) is 0 Å². The van der Waals surface area contributed by atoms with Crippen molar-refractivity contribution in [2.75, 3.05) is 0 Å². The minimum atomic E-state index is -0.605. The molecule has 0 saturated carbocycles. The minimum Gasteiger partial charge on any atom is -0.309 e. The normalized spacial score (nSPS) is 13.9. The summed E-state index contributed by atoms with van der Waals surface area (Å²) in [5.41, 5.74) is 11.5. The van der Waals surface area contributed by atoms with Gasteiger partial charge in [0, 0.05) is 33.2 Å². The maximum atomic E-state index is 5.46. The highest BCUT2D eigenvalue weighted by Crippen LogP contribution is 2.58. The maximum absolute atomic E-state index is 5.46. The van der Waals surface area contributed by atoms with Crippen LogP contribution in [0.2, 0.25) is 0 Å². The molecule has 0 aliphatic heterocycles. The molecule has 1 aliphatic rings. The summed E-state index contributed by atoms with van der Waals surface area (Å²) < 4.78 is 2.32. The molecule has 0 spiro atoms. The number of aromatic nitrogens is 1. The van der Waals surface area contributed by atoms with Gasteiger partial charge in [-0.15, -0.1) is 0 Å². The summed E-state index contributed by atoms with van der Waals surface area (Å²) >= 11 is 0. The van der Waals surface area contributed by atoms with Crippen molar-refractivity contribution in [3.05, 3.63) is 221 Å². The second kappa shape index (κ2) is 12.1. The number of benzene rings is 7. The van der Waals surface area contributed by atoms with Crippen LogP contribution >= 0.6 is 0 Å². The van der Waals surface area contributed by atoms with Gasteiger partial charge in [0.25, 0.3) is 0 Å². The summed E-state index contributed by atoms with van der Waals surface area (Å²) in [6, 6.07) is 66.6. The fourth-order valence-electron chi connectivity index (χ4n) is 7.94. The highest BCUT2D eigenvalue weighted by atomic mass is 15.0. The fraction of sp³-hybridized carbons (Fsp3) is 0.0213. The third kappa shape index (κ3) is 4.52. The standard InChI is InChI=1S/C47H33N3/c1-48-46(34-29-31-37(32-30-34)50-42-27-15-12-23-38(42)39-24-13-16-28-43(39)50)49-45-40-25-11-14-26-41(40)47(35-19-7-3-8-20-35,36-21-9-4-10-22-36)44(45)33-17-5-2-6-18-33/h2-32H,1H2. The van der Waals surface area contributed by atoms with E-state index in [1.807, 2.05) is 0 Å². The SMILES string of the molecule is C=NC(=NC1=C(c2ccccc2)C(c2ccccc2)(c2ccccc2)c2ccccc21)c1ccc(-n2c3ccccc3c3ccccc32)cc1. The maximum Gasteiger partial charge on any atom is 0.159 e. The van der Waals surface area contributed by atoms with Crippen molar-refractivity contribution in [2.24, 2.45) is 9.98 Å². The summed E-state index contributed by atoms with van der Waals surface area (Å²) in [5.74, 6) is 0.578. The van der Waals surface area contributed by atoms with Crippen molar-refractivity contribution in [3.63, 3.8) is 0 Å². The second-order valence-corrected chi connectivity index (χ2v) is 12.6. The number of hydrogen-bond acceptors (Lipinski definition) is 1. The first-order valence-electron chi connectivity index (χ1n) is 16.9. The van der Waals surface area contributed by atoms with Gasteiger partial charge in [0.2, 0.25) is 0 Å². The van der Waals surface area contributed by atoms with E-state index in [0.717, 1.165) is 33.6 Å². The molecule has 3 nitrogen and oxygen atoms in total. The Morgan fingerprint density at radius 1 is 0.500 bits per heavy atom. The van der Waals surface area contributed by atoms with Crippen LogP contribution in [0.25, 0.3) is 38.8 Å². The highest BCUT2D eigenvalue weighted by Gasteiger charge is 2.48. The summed E-state index contributed by atoms with van der Waals surface area (Å²) in [4.78, 5) is 10.0. The zero-order chi connectivity index (χ0) is 33.5. The highest BCUT2D eigenvalue weighted by molar-refractivity contribution is 6.12. The van der Waals surface area contributed by atoms with Gasteiger partial charge >= 0.3 is 0 Å². The largest absolute Gasteiger partial charge is 0.309 e. The molecule has 50 heavy (non-hydrogen) atoms. The third-order valence-electron chi connectivity index (χ3n) is 10.0. The molecule has 1 aliphatic carbocycles. The van der Waals surface area contributed by atoms with Crippen molar-refractivity contribution in [2.45, 2.75) is 5.41 Å². The number of fused-ring (bicyclic) bond motifs is 4. The lowest BCUT2D eigenvalue weighted by molar-refractivity contribution is 0.814. The third-order valence-corrected chi connectivity index (χ3v) is 10.0. The van der Waals surface area contributed by atoms with Crippen molar-refractivity contribution >= 4 is 45.6 Å². The van der Waals surface area contributed by atoms with Crippen molar-refractivity contribution in [1.29, 1.82) is 0 Å². The molecular formula is C47H33N3. The predicted molar refractivity (Wildman–Crippen MR) is 209 cm³/mol. The first-order chi connectivity index (χ1) is 24.8. The Hall–Kier alpha value is -6.58. The summed E-state index contributed by atoms with van der Waals surface area (Å²) in [6.07, 6.45) is 0. The predicted octanol–water partition coefficient (Wildman–Crippen LogP) is 11.1. The van der Waals surface area contributed by atoms with Crippen LogP contribution < -0.4 is 0 Å². The summed E-state index contributed by atoms with van der Waals surface area (Å²) in [5, 5.41) is 2.48. The van der Waals surface area contributed by atoms with Crippen LogP contribution in [0.15, 0.2) is 198 Å². The quantitative estimate of drug-likeness (QED) is 0.128. The molecule has 0 amide bonds. The van der Waals surface area contributed by atoms with E-state index < -0.39 is 5.41 Å². The molecule has 0 fully saturated rings. The Morgan fingerprint density at radius 2 is 1.00 bits per heavy atom. The van der Waals surface area contributed by atoms with E-state index >= 15 is 0 Å². The van der Waals surface area contributed by atoms with E-state index in [1.165, 1.54) is 38.5 Å². The number of para-hydroxylation sites is 2. The molecule has 9 rings (SSSR count). The smallest absolute Gasteiger partial charge is 0.159 e. The molecule has 0 atom stereocenters. The van der Waals surface area contributed by atoms with Gasteiger partial charge in [0.1, 0.15) is 0 Å². The lowest BCUT2D eigenvalue weighted by atomic mass is 9.65. The number of nitrogens with zero attached hydrogens (tertiary/aromatic N) is 3. The number of aliphatic imine (C=N–C) groups is 2. The average Bonchev–Trinajstić information content (AvgIpc) is 3.69. The molecule has 7 aromatic carbocycles. The lowest BCUT2D eigenvalue weighted by Crippen LogP contribution is -2.29. The van der Waals surface area contributed by atoms with Gasteiger partial charge in [-0.3, -0.25) is 0 Å².